The lowest BCUT2D eigenvalue weighted by atomic mass is 10.2. The van der Waals surface area contributed by atoms with Gasteiger partial charge in [-0.15, -0.1) is 0 Å². The molecule has 3 rings (SSSR count). The zero-order valence-electron chi connectivity index (χ0n) is 15.4. The predicted molar refractivity (Wildman–Crippen MR) is 99.5 cm³/mol. The maximum Gasteiger partial charge on any atom is 0.328 e. The quantitative estimate of drug-likeness (QED) is 0.627. The highest BCUT2D eigenvalue weighted by atomic mass is 16.6. The van der Waals surface area contributed by atoms with Crippen LogP contribution < -0.4 is 10.1 Å². The first-order chi connectivity index (χ1) is 13.6. The second-order valence-corrected chi connectivity index (χ2v) is 5.91. The van der Waals surface area contributed by atoms with Crippen molar-refractivity contribution in [1.29, 1.82) is 0 Å². The van der Waals surface area contributed by atoms with Crippen LogP contribution in [0.3, 0.4) is 0 Å². The SMILES string of the molecule is COc1cccc(-c2noc(COC(=O)[C@H](C)NC(=O)c3ccccc3)n2)c1. The Bertz CT molecular complexity index is 955. The number of esters is 1. The first kappa shape index (κ1) is 19.1. The molecule has 0 aliphatic heterocycles. The van der Waals surface area contributed by atoms with Gasteiger partial charge in [0.05, 0.1) is 7.11 Å². The largest absolute Gasteiger partial charge is 0.497 e. The van der Waals surface area contributed by atoms with Crippen LogP contribution in [0.4, 0.5) is 0 Å². The van der Waals surface area contributed by atoms with Crippen molar-refractivity contribution in [2.45, 2.75) is 19.6 Å². The molecule has 0 saturated heterocycles. The van der Waals surface area contributed by atoms with Crippen molar-refractivity contribution < 1.29 is 23.6 Å². The van der Waals surface area contributed by atoms with E-state index in [4.69, 9.17) is 14.0 Å². The molecule has 1 amide bonds. The number of rotatable bonds is 7. The number of carbonyl (C=O) groups is 2. The van der Waals surface area contributed by atoms with Gasteiger partial charge in [0.1, 0.15) is 11.8 Å². The number of carbonyl (C=O) groups excluding carboxylic acids is 2. The zero-order chi connectivity index (χ0) is 19.9. The standard InChI is InChI=1S/C20H19N3O5/c1-13(21-19(24)14-7-4-3-5-8-14)20(25)27-12-17-22-18(23-28-17)15-9-6-10-16(11-15)26-2/h3-11,13H,12H2,1-2H3,(H,21,24)/t13-/m0/s1. The van der Waals surface area contributed by atoms with Crippen LogP contribution in [0.25, 0.3) is 11.4 Å². The maximum atomic E-state index is 12.1. The molecular formula is C20H19N3O5. The summed E-state index contributed by atoms with van der Waals surface area (Å²) in [6.45, 7) is 1.35. The number of ether oxygens (including phenoxy) is 2. The topological polar surface area (TPSA) is 104 Å². The van der Waals surface area contributed by atoms with Gasteiger partial charge in [-0.05, 0) is 31.2 Å². The minimum Gasteiger partial charge on any atom is -0.497 e. The number of benzene rings is 2. The Morgan fingerprint density at radius 2 is 1.93 bits per heavy atom. The lowest BCUT2D eigenvalue weighted by molar-refractivity contribution is -0.147. The Hall–Kier alpha value is -3.68. The van der Waals surface area contributed by atoms with E-state index in [2.05, 4.69) is 15.5 Å². The molecule has 8 nitrogen and oxygen atoms in total. The molecule has 3 aromatic rings. The number of methoxy groups -OCH3 is 1. The third-order valence-electron chi connectivity index (χ3n) is 3.87. The lowest BCUT2D eigenvalue weighted by Crippen LogP contribution is -2.39. The molecule has 1 N–H and O–H groups in total. The van der Waals surface area contributed by atoms with E-state index in [-0.39, 0.29) is 18.4 Å². The van der Waals surface area contributed by atoms with Crippen LogP contribution in [-0.2, 0) is 16.1 Å². The average molecular weight is 381 g/mol. The molecule has 0 saturated carbocycles. The predicted octanol–water partition coefficient (Wildman–Crippen LogP) is 2.61. The summed E-state index contributed by atoms with van der Waals surface area (Å²) in [6, 6.07) is 15.0. The molecule has 0 fully saturated rings. The Morgan fingerprint density at radius 1 is 1.14 bits per heavy atom. The van der Waals surface area contributed by atoms with Crippen molar-refractivity contribution in [3.63, 3.8) is 0 Å². The minimum atomic E-state index is -0.825. The van der Waals surface area contributed by atoms with E-state index in [0.29, 0.717) is 22.7 Å². The van der Waals surface area contributed by atoms with Crippen molar-refractivity contribution in [3.05, 3.63) is 66.1 Å². The summed E-state index contributed by atoms with van der Waals surface area (Å²) >= 11 is 0. The molecule has 0 bridgehead atoms. The second-order valence-electron chi connectivity index (χ2n) is 5.91. The summed E-state index contributed by atoms with van der Waals surface area (Å²) in [6.07, 6.45) is 0. The van der Waals surface area contributed by atoms with Crippen molar-refractivity contribution in [1.82, 2.24) is 15.5 Å². The van der Waals surface area contributed by atoms with Gasteiger partial charge in [-0.25, -0.2) is 4.79 Å². The van der Waals surface area contributed by atoms with E-state index in [9.17, 15) is 9.59 Å². The first-order valence-corrected chi connectivity index (χ1v) is 8.56. The van der Waals surface area contributed by atoms with Crippen LogP contribution in [0.5, 0.6) is 5.75 Å². The maximum absolute atomic E-state index is 12.1. The van der Waals surface area contributed by atoms with Gasteiger partial charge in [-0.3, -0.25) is 4.79 Å². The molecule has 1 heterocycles. The second kappa shape index (κ2) is 8.81. The van der Waals surface area contributed by atoms with Gasteiger partial charge in [-0.2, -0.15) is 4.98 Å². The highest BCUT2D eigenvalue weighted by Gasteiger charge is 2.19. The normalized spacial score (nSPS) is 11.5. The Kier molecular flexibility index (Phi) is 6.01. The van der Waals surface area contributed by atoms with Crippen molar-refractivity contribution in [2.75, 3.05) is 7.11 Å². The fourth-order valence-electron chi connectivity index (χ4n) is 2.38. The summed E-state index contributed by atoms with van der Waals surface area (Å²) in [5, 5.41) is 6.45. The van der Waals surface area contributed by atoms with Crippen LogP contribution in [0.15, 0.2) is 59.1 Å². The Labute approximate surface area is 161 Å². The fourth-order valence-corrected chi connectivity index (χ4v) is 2.38. The average Bonchev–Trinajstić information content (AvgIpc) is 3.21. The highest BCUT2D eigenvalue weighted by Crippen LogP contribution is 2.21. The monoisotopic (exact) mass is 381 g/mol. The summed E-state index contributed by atoms with van der Waals surface area (Å²) in [5.74, 6) is 0.204. The van der Waals surface area contributed by atoms with Gasteiger partial charge in [0.2, 0.25) is 5.82 Å². The number of nitrogens with zero attached hydrogens (tertiary/aromatic N) is 2. The summed E-state index contributed by atoms with van der Waals surface area (Å²) < 4.78 is 15.4. The third kappa shape index (κ3) is 4.73. The van der Waals surface area contributed by atoms with E-state index in [0.717, 1.165) is 0 Å². The molecule has 2 aromatic carbocycles. The minimum absolute atomic E-state index is 0.146. The molecule has 0 unspecified atom stereocenters. The summed E-state index contributed by atoms with van der Waals surface area (Å²) in [5.41, 5.74) is 1.17. The van der Waals surface area contributed by atoms with Gasteiger partial charge in [0.25, 0.3) is 11.8 Å². The molecule has 1 atom stereocenters. The van der Waals surface area contributed by atoms with E-state index in [1.807, 2.05) is 6.07 Å². The Morgan fingerprint density at radius 3 is 2.68 bits per heavy atom. The highest BCUT2D eigenvalue weighted by molar-refractivity contribution is 5.96. The van der Waals surface area contributed by atoms with E-state index < -0.39 is 12.0 Å². The van der Waals surface area contributed by atoms with Crippen LogP contribution in [0, 0.1) is 0 Å². The van der Waals surface area contributed by atoms with Crippen LogP contribution in [-0.4, -0.2) is 35.2 Å². The molecule has 8 heteroatoms. The molecule has 144 valence electrons. The molecule has 1 aromatic heterocycles. The number of amides is 1. The van der Waals surface area contributed by atoms with E-state index in [1.165, 1.54) is 0 Å². The first-order valence-electron chi connectivity index (χ1n) is 8.56. The lowest BCUT2D eigenvalue weighted by Gasteiger charge is -2.12. The molecule has 0 spiro atoms. The smallest absolute Gasteiger partial charge is 0.328 e. The molecular weight excluding hydrogens is 362 g/mol. The van der Waals surface area contributed by atoms with Gasteiger partial charge >= 0.3 is 5.97 Å². The van der Waals surface area contributed by atoms with Crippen molar-refractivity contribution in [2.24, 2.45) is 0 Å². The van der Waals surface area contributed by atoms with Crippen LogP contribution in [0.1, 0.15) is 23.2 Å². The number of nitrogens with one attached hydrogen (secondary N) is 1. The molecule has 0 aliphatic carbocycles. The van der Waals surface area contributed by atoms with Gasteiger partial charge in [0, 0.05) is 11.1 Å². The van der Waals surface area contributed by atoms with E-state index >= 15 is 0 Å². The van der Waals surface area contributed by atoms with E-state index in [1.54, 1.807) is 62.6 Å². The van der Waals surface area contributed by atoms with Crippen molar-refractivity contribution in [3.8, 4) is 17.1 Å². The summed E-state index contributed by atoms with van der Waals surface area (Å²) in [7, 11) is 1.57. The van der Waals surface area contributed by atoms with Crippen LogP contribution in [0.2, 0.25) is 0 Å². The zero-order valence-corrected chi connectivity index (χ0v) is 15.4. The molecule has 0 radical (unpaired) electrons. The van der Waals surface area contributed by atoms with Crippen LogP contribution >= 0.6 is 0 Å². The molecule has 0 aliphatic rings. The van der Waals surface area contributed by atoms with Gasteiger partial charge < -0.3 is 19.3 Å². The van der Waals surface area contributed by atoms with Gasteiger partial charge in [-0.1, -0.05) is 35.5 Å². The van der Waals surface area contributed by atoms with Crippen molar-refractivity contribution >= 4 is 11.9 Å². The number of aromatic nitrogens is 2. The fraction of sp³-hybridized carbons (Fsp3) is 0.200. The molecule has 28 heavy (non-hydrogen) atoms. The number of hydrogen-bond acceptors (Lipinski definition) is 7. The van der Waals surface area contributed by atoms with Gasteiger partial charge in [0.15, 0.2) is 6.61 Å². The summed E-state index contributed by atoms with van der Waals surface area (Å²) in [4.78, 5) is 28.4. The Balaban J connectivity index is 1.54. The number of hydrogen-bond donors (Lipinski definition) is 1. The third-order valence-corrected chi connectivity index (χ3v) is 3.87.